The van der Waals surface area contributed by atoms with E-state index in [1.807, 2.05) is 0 Å². The van der Waals surface area contributed by atoms with Crippen molar-refractivity contribution in [3.8, 4) is 5.75 Å². The summed E-state index contributed by atoms with van der Waals surface area (Å²) in [7, 11) is -1.55. The summed E-state index contributed by atoms with van der Waals surface area (Å²) >= 11 is 6.03. The van der Waals surface area contributed by atoms with Crippen LogP contribution in [-0.4, -0.2) is 38.6 Å². The lowest BCUT2D eigenvalue weighted by Crippen LogP contribution is -2.48. The number of hydrogen-bond acceptors (Lipinski definition) is 4. The highest BCUT2D eigenvalue weighted by Gasteiger charge is 2.39. The Morgan fingerprint density at radius 1 is 1.43 bits per heavy atom. The molecule has 1 heterocycles. The summed E-state index contributed by atoms with van der Waals surface area (Å²) in [5.41, 5.74) is -0.318. The van der Waals surface area contributed by atoms with Crippen molar-refractivity contribution in [2.75, 3.05) is 23.9 Å². The number of urea groups is 1. The van der Waals surface area contributed by atoms with E-state index < -0.39 is 21.4 Å². The molecule has 1 aromatic rings. The maximum absolute atomic E-state index is 12.0. The van der Waals surface area contributed by atoms with E-state index in [2.05, 4.69) is 10.6 Å². The minimum Gasteiger partial charge on any atom is -0.497 e. The lowest BCUT2D eigenvalue weighted by molar-refractivity contribution is 0.242. The Morgan fingerprint density at radius 3 is 2.67 bits per heavy atom. The van der Waals surface area contributed by atoms with Crippen molar-refractivity contribution >= 4 is 33.2 Å². The Hall–Kier alpha value is -1.47. The van der Waals surface area contributed by atoms with Gasteiger partial charge >= 0.3 is 6.03 Å². The van der Waals surface area contributed by atoms with Gasteiger partial charge in [-0.3, -0.25) is 0 Å². The van der Waals surface area contributed by atoms with Gasteiger partial charge in [-0.25, -0.2) is 13.2 Å². The van der Waals surface area contributed by atoms with E-state index in [1.165, 1.54) is 7.11 Å². The third kappa shape index (κ3) is 4.01. The van der Waals surface area contributed by atoms with Crippen LogP contribution in [0.3, 0.4) is 0 Å². The SMILES string of the molecule is COc1ccc(NC(=O)N[C@@]2(C)CCS(=O)(=O)C2)c(Cl)c1. The van der Waals surface area contributed by atoms with E-state index in [0.717, 1.165) is 0 Å². The highest BCUT2D eigenvalue weighted by Crippen LogP contribution is 2.27. The van der Waals surface area contributed by atoms with Gasteiger partial charge < -0.3 is 15.4 Å². The number of anilines is 1. The monoisotopic (exact) mass is 332 g/mol. The smallest absolute Gasteiger partial charge is 0.319 e. The van der Waals surface area contributed by atoms with E-state index >= 15 is 0 Å². The lowest BCUT2D eigenvalue weighted by Gasteiger charge is -2.24. The molecule has 0 aliphatic carbocycles. The van der Waals surface area contributed by atoms with Crippen molar-refractivity contribution < 1.29 is 17.9 Å². The van der Waals surface area contributed by atoms with Crippen LogP contribution in [-0.2, 0) is 9.84 Å². The molecule has 1 aromatic carbocycles. The fourth-order valence-corrected chi connectivity index (χ4v) is 4.57. The van der Waals surface area contributed by atoms with Crippen LogP contribution in [0.2, 0.25) is 5.02 Å². The third-order valence-corrected chi connectivity index (χ3v) is 5.56. The van der Waals surface area contributed by atoms with Gasteiger partial charge in [0.25, 0.3) is 0 Å². The zero-order valence-electron chi connectivity index (χ0n) is 11.8. The van der Waals surface area contributed by atoms with Crippen molar-refractivity contribution in [1.29, 1.82) is 0 Å². The molecule has 21 heavy (non-hydrogen) atoms. The summed E-state index contributed by atoms with van der Waals surface area (Å²) < 4.78 is 28.0. The summed E-state index contributed by atoms with van der Waals surface area (Å²) in [6.07, 6.45) is 0.402. The second-order valence-corrected chi connectivity index (χ2v) is 7.92. The van der Waals surface area contributed by atoms with Gasteiger partial charge in [-0.05, 0) is 25.5 Å². The number of ether oxygens (including phenoxy) is 1. The van der Waals surface area contributed by atoms with Gasteiger partial charge in [0.05, 0.1) is 34.9 Å². The lowest BCUT2D eigenvalue weighted by atomic mass is 10.0. The number of hydrogen-bond donors (Lipinski definition) is 2. The van der Waals surface area contributed by atoms with Crippen LogP contribution in [0, 0.1) is 0 Å². The number of nitrogens with one attached hydrogen (secondary N) is 2. The molecule has 1 fully saturated rings. The van der Waals surface area contributed by atoms with Crippen molar-refractivity contribution in [3.05, 3.63) is 23.2 Å². The summed E-state index contributed by atoms with van der Waals surface area (Å²) in [6, 6.07) is 4.39. The van der Waals surface area contributed by atoms with Crippen molar-refractivity contribution in [3.63, 3.8) is 0 Å². The van der Waals surface area contributed by atoms with Crippen LogP contribution < -0.4 is 15.4 Å². The summed E-state index contributed by atoms with van der Waals surface area (Å²) in [6.45, 7) is 1.72. The molecule has 2 rings (SSSR count). The normalized spacial score (nSPS) is 23.6. The van der Waals surface area contributed by atoms with Crippen LogP contribution in [0.1, 0.15) is 13.3 Å². The van der Waals surface area contributed by atoms with Gasteiger partial charge in [0.2, 0.25) is 0 Å². The van der Waals surface area contributed by atoms with Gasteiger partial charge in [-0.1, -0.05) is 11.6 Å². The molecule has 2 amide bonds. The zero-order chi connectivity index (χ0) is 15.7. The molecule has 0 bridgehead atoms. The minimum absolute atomic E-state index is 0.0518. The summed E-state index contributed by atoms with van der Waals surface area (Å²) in [4.78, 5) is 12.0. The molecular formula is C13H17ClN2O4S. The number of methoxy groups -OCH3 is 1. The number of sulfone groups is 1. The second-order valence-electron chi connectivity index (χ2n) is 5.33. The molecule has 2 N–H and O–H groups in total. The van der Waals surface area contributed by atoms with Crippen molar-refractivity contribution in [1.82, 2.24) is 5.32 Å². The van der Waals surface area contributed by atoms with Crippen LogP contribution in [0.4, 0.5) is 10.5 Å². The van der Waals surface area contributed by atoms with Crippen molar-refractivity contribution in [2.24, 2.45) is 0 Å². The van der Waals surface area contributed by atoms with E-state index in [9.17, 15) is 13.2 Å². The topological polar surface area (TPSA) is 84.5 Å². The quantitative estimate of drug-likeness (QED) is 0.887. The second kappa shape index (κ2) is 5.73. The first-order valence-electron chi connectivity index (χ1n) is 6.36. The van der Waals surface area contributed by atoms with Gasteiger partial charge in [0.1, 0.15) is 5.75 Å². The van der Waals surface area contributed by atoms with E-state index in [-0.39, 0.29) is 11.5 Å². The Morgan fingerprint density at radius 2 is 2.14 bits per heavy atom. The molecule has 1 atom stereocenters. The molecule has 1 aliphatic heterocycles. The standard InChI is InChI=1S/C13H17ClN2O4S/c1-13(5-6-21(18,19)8-13)16-12(17)15-11-4-3-9(20-2)7-10(11)14/h3-4,7H,5-6,8H2,1-2H3,(H2,15,16,17)/t13-/m0/s1. The molecule has 0 spiro atoms. The average Bonchev–Trinajstić information content (AvgIpc) is 2.65. The average molecular weight is 333 g/mol. The molecule has 0 radical (unpaired) electrons. The fourth-order valence-electron chi connectivity index (χ4n) is 2.26. The molecule has 1 aliphatic rings. The Balaban J connectivity index is 2.02. The maximum Gasteiger partial charge on any atom is 0.319 e. The molecular weight excluding hydrogens is 316 g/mol. The predicted octanol–water partition coefficient (Wildman–Crippen LogP) is 2.05. The van der Waals surface area contributed by atoms with Gasteiger partial charge in [-0.15, -0.1) is 0 Å². The molecule has 6 nitrogen and oxygen atoms in total. The maximum atomic E-state index is 12.0. The Kier molecular flexibility index (Phi) is 4.34. The molecule has 0 unspecified atom stereocenters. The molecule has 0 saturated carbocycles. The van der Waals surface area contributed by atoms with E-state index in [1.54, 1.807) is 25.1 Å². The highest BCUT2D eigenvalue weighted by atomic mass is 35.5. The van der Waals surface area contributed by atoms with Gasteiger partial charge in [0, 0.05) is 6.07 Å². The summed E-state index contributed by atoms with van der Waals surface area (Å²) in [5, 5.41) is 5.65. The van der Waals surface area contributed by atoms with Gasteiger partial charge in [-0.2, -0.15) is 0 Å². The van der Waals surface area contributed by atoms with Crippen LogP contribution in [0.25, 0.3) is 0 Å². The first kappa shape index (κ1) is 15.9. The van der Waals surface area contributed by atoms with Crippen molar-refractivity contribution in [2.45, 2.75) is 18.9 Å². The number of benzene rings is 1. The van der Waals surface area contributed by atoms with Crippen LogP contribution in [0.15, 0.2) is 18.2 Å². The van der Waals surface area contributed by atoms with Crippen LogP contribution >= 0.6 is 11.6 Å². The third-order valence-electron chi connectivity index (χ3n) is 3.34. The first-order valence-corrected chi connectivity index (χ1v) is 8.56. The largest absolute Gasteiger partial charge is 0.497 e. The number of rotatable bonds is 3. The number of carbonyl (C=O) groups is 1. The molecule has 116 valence electrons. The molecule has 8 heteroatoms. The summed E-state index contributed by atoms with van der Waals surface area (Å²) in [5.74, 6) is 0.622. The number of halogens is 1. The highest BCUT2D eigenvalue weighted by molar-refractivity contribution is 7.91. The zero-order valence-corrected chi connectivity index (χ0v) is 13.3. The minimum atomic E-state index is -3.07. The Bertz CT molecular complexity index is 662. The van der Waals surface area contributed by atoms with E-state index in [0.29, 0.717) is 22.9 Å². The van der Waals surface area contributed by atoms with Crippen LogP contribution in [0.5, 0.6) is 5.75 Å². The predicted molar refractivity (Wildman–Crippen MR) is 81.8 cm³/mol. The fraction of sp³-hybridized carbons (Fsp3) is 0.462. The molecule has 0 aromatic heterocycles. The first-order chi connectivity index (χ1) is 9.73. The number of carbonyl (C=O) groups excluding carboxylic acids is 1. The van der Waals surface area contributed by atoms with Gasteiger partial charge in [0.15, 0.2) is 9.84 Å². The molecule has 1 saturated heterocycles. The number of amides is 2. The van der Waals surface area contributed by atoms with E-state index in [4.69, 9.17) is 16.3 Å². The Labute approximate surface area is 128 Å².